The van der Waals surface area contributed by atoms with Crippen LogP contribution in [0.5, 0.6) is 0 Å². The van der Waals surface area contributed by atoms with Gasteiger partial charge in [0.1, 0.15) is 0 Å². The monoisotopic (exact) mass is 551 g/mol. The lowest BCUT2D eigenvalue weighted by atomic mass is 9.92. The highest BCUT2D eigenvalue weighted by atomic mass is 32.2. The van der Waals surface area contributed by atoms with Crippen LogP contribution in [0.2, 0.25) is 0 Å². The topological polar surface area (TPSA) is 4.93 Å². The molecule has 42 heavy (non-hydrogen) atoms. The van der Waals surface area contributed by atoms with Gasteiger partial charge in [-0.25, -0.2) is 0 Å². The van der Waals surface area contributed by atoms with Crippen LogP contribution in [0.4, 0.5) is 0 Å². The summed E-state index contributed by atoms with van der Waals surface area (Å²) in [4.78, 5) is 2.67. The summed E-state index contributed by atoms with van der Waals surface area (Å²) in [6.45, 7) is 0. The number of rotatable bonds is 3. The number of hydrogen-bond donors (Lipinski definition) is 0. The molecule has 1 nitrogen and oxygen atoms in total. The van der Waals surface area contributed by atoms with Crippen LogP contribution >= 0.6 is 11.8 Å². The van der Waals surface area contributed by atoms with E-state index in [1.54, 1.807) is 0 Å². The lowest BCUT2D eigenvalue weighted by Crippen LogP contribution is -1.94. The van der Waals surface area contributed by atoms with Crippen LogP contribution in [0.15, 0.2) is 161 Å². The molecule has 2 heterocycles. The minimum atomic E-state index is 1.18. The molecule has 0 atom stereocenters. The fourth-order valence-electron chi connectivity index (χ4n) is 6.68. The Hall–Kier alpha value is -5.05. The molecule has 1 aromatic heterocycles. The summed E-state index contributed by atoms with van der Waals surface area (Å²) < 4.78 is 2.37. The Morgan fingerprint density at radius 2 is 1.07 bits per heavy atom. The average Bonchev–Trinajstić information content (AvgIpc) is 3.39. The third kappa shape index (κ3) is 3.52. The van der Waals surface area contributed by atoms with Gasteiger partial charge in [-0.15, -0.1) is 0 Å². The first-order valence-corrected chi connectivity index (χ1v) is 15.2. The van der Waals surface area contributed by atoms with Crippen LogP contribution in [0.3, 0.4) is 0 Å². The zero-order valence-corrected chi connectivity index (χ0v) is 23.6. The first kappa shape index (κ1) is 23.6. The minimum absolute atomic E-state index is 1.18. The second-order valence-electron chi connectivity index (χ2n) is 10.9. The fraction of sp³-hybridized carbons (Fsp3) is 0. The van der Waals surface area contributed by atoms with Crippen molar-refractivity contribution in [1.29, 1.82) is 0 Å². The smallest absolute Gasteiger partial charge is 0.0541 e. The molecule has 196 valence electrons. The fourth-order valence-corrected chi connectivity index (χ4v) is 7.81. The number of benzene rings is 7. The van der Waals surface area contributed by atoms with E-state index < -0.39 is 0 Å². The molecule has 0 N–H and O–H groups in total. The van der Waals surface area contributed by atoms with Crippen molar-refractivity contribution >= 4 is 44.3 Å². The highest BCUT2D eigenvalue weighted by Crippen LogP contribution is 2.49. The quantitative estimate of drug-likeness (QED) is 0.211. The summed E-state index contributed by atoms with van der Waals surface area (Å²) in [6, 6.07) is 55.4. The van der Waals surface area contributed by atoms with Crippen LogP contribution in [0.25, 0.3) is 71.6 Å². The van der Waals surface area contributed by atoms with Gasteiger partial charge in [-0.05, 0) is 81.2 Å². The zero-order valence-electron chi connectivity index (χ0n) is 22.8. The van der Waals surface area contributed by atoms with Crippen LogP contribution in [0.1, 0.15) is 0 Å². The van der Waals surface area contributed by atoms with E-state index in [1.807, 2.05) is 11.8 Å². The Morgan fingerprint density at radius 1 is 0.381 bits per heavy atom. The normalized spacial score (nSPS) is 12.2. The van der Waals surface area contributed by atoms with Crippen LogP contribution in [-0.4, -0.2) is 4.57 Å². The number of nitrogens with zero attached hydrogens (tertiary/aromatic N) is 1. The molecular formula is C40H25NS. The number of aromatic nitrogens is 1. The summed E-state index contributed by atoms with van der Waals surface area (Å²) in [6.07, 6.45) is 0. The Kier molecular flexibility index (Phi) is 5.20. The summed E-state index contributed by atoms with van der Waals surface area (Å²) in [7, 11) is 0. The third-order valence-corrected chi connectivity index (χ3v) is 9.75. The van der Waals surface area contributed by atoms with Gasteiger partial charge in [-0.3, -0.25) is 0 Å². The molecule has 0 fully saturated rings. The average molecular weight is 552 g/mol. The van der Waals surface area contributed by atoms with Gasteiger partial charge in [-0.2, -0.15) is 0 Å². The largest absolute Gasteiger partial charge is 0.309 e. The molecule has 0 radical (unpaired) electrons. The van der Waals surface area contributed by atoms with Gasteiger partial charge < -0.3 is 4.57 Å². The predicted octanol–water partition coefficient (Wildman–Crippen LogP) is 11.4. The van der Waals surface area contributed by atoms with E-state index in [1.165, 1.54) is 81.4 Å². The lowest BCUT2D eigenvalue weighted by molar-refractivity contribution is 1.18. The van der Waals surface area contributed by atoms with Gasteiger partial charge in [0.2, 0.25) is 0 Å². The molecule has 7 aromatic carbocycles. The van der Waals surface area contributed by atoms with Crippen molar-refractivity contribution in [1.82, 2.24) is 4.57 Å². The maximum absolute atomic E-state index is 2.37. The second-order valence-corrected chi connectivity index (χ2v) is 12.0. The van der Waals surface area contributed by atoms with Crippen LogP contribution in [-0.2, 0) is 0 Å². The second kappa shape index (κ2) is 9.24. The molecule has 0 spiro atoms. The van der Waals surface area contributed by atoms with Gasteiger partial charge in [0.05, 0.1) is 11.0 Å². The third-order valence-electron chi connectivity index (χ3n) is 8.62. The highest BCUT2D eigenvalue weighted by Gasteiger charge is 2.20. The van der Waals surface area contributed by atoms with Crippen molar-refractivity contribution < 1.29 is 0 Å². The van der Waals surface area contributed by atoms with Crippen molar-refractivity contribution in [3.8, 4) is 39.1 Å². The Labute approximate surface area is 248 Å². The molecule has 8 aromatic rings. The zero-order chi connectivity index (χ0) is 27.6. The maximum atomic E-state index is 2.37. The molecule has 9 rings (SSSR count). The Bertz CT molecular complexity index is 2310. The van der Waals surface area contributed by atoms with E-state index >= 15 is 0 Å². The summed E-state index contributed by atoms with van der Waals surface area (Å²) in [5, 5.41) is 5.23. The summed E-state index contributed by atoms with van der Waals surface area (Å²) >= 11 is 1.88. The molecule has 0 unspecified atom stereocenters. The minimum Gasteiger partial charge on any atom is -0.309 e. The lowest BCUT2D eigenvalue weighted by Gasteiger charge is -2.21. The molecule has 0 bridgehead atoms. The molecule has 1 aliphatic rings. The van der Waals surface area contributed by atoms with Gasteiger partial charge in [0.25, 0.3) is 0 Å². The molecule has 0 aliphatic carbocycles. The summed E-state index contributed by atoms with van der Waals surface area (Å²) in [5.41, 5.74) is 11.3. The Balaban J connectivity index is 1.15. The van der Waals surface area contributed by atoms with E-state index in [2.05, 4.69) is 156 Å². The van der Waals surface area contributed by atoms with Crippen molar-refractivity contribution in [2.75, 3.05) is 0 Å². The molecule has 0 saturated heterocycles. The van der Waals surface area contributed by atoms with Gasteiger partial charge >= 0.3 is 0 Å². The van der Waals surface area contributed by atoms with E-state index in [4.69, 9.17) is 0 Å². The van der Waals surface area contributed by atoms with E-state index in [-0.39, 0.29) is 0 Å². The Morgan fingerprint density at radius 3 is 1.98 bits per heavy atom. The first-order valence-electron chi connectivity index (χ1n) is 14.4. The van der Waals surface area contributed by atoms with E-state index in [0.29, 0.717) is 0 Å². The number of fused-ring (bicyclic) bond motifs is 5. The SMILES string of the molecule is c1ccc(-n2c3ccccc3c3cc(-c4ccc(-c5ccc6c7c(cccc57)-c5ccccc5S6)cc4)ccc32)cc1. The van der Waals surface area contributed by atoms with Gasteiger partial charge in [0, 0.05) is 31.6 Å². The first-order chi connectivity index (χ1) is 20.8. The molecular weight excluding hydrogens is 527 g/mol. The molecule has 0 saturated carbocycles. The van der Waals surface area contributed by atoms with Crippen molar-refractivity contribution in [3.63, 3.8) is 0 Å². The van der Waals surface area contributed by atoms with Gasteiger partial charge in [0.15, 0.2) is 0 Å². The molecule has 1 aliphatic heterocycles. The van der Waals surface area contributed by atoms with Crippen molar-refractivity contribution in [3.05, 3.63) is 152 Å². The van der Waals surface area contributed by atoms with E-state index in [0.717, 1.165) is 0 Å². The standard InChI is InChI=1S/C40H25NS/c1-2-9-29(10-3-1)41-36-15-6-4-11-31(36)35-25-28(21-23-37(35)41)26-17-19-27(20-18-26)30-22-24-39-40-33(30)13-8-14-34(40)32-12-5-7-16-38(32)42-39/h1-25H. The van der Waals surface area contributed by atoms with Crippen molar-refractivity contribution in [2.24, 2.45) is 0 Å². The highest BCUT2D eigenvalue weighted by molar-refractivity contribution is 7.99. The van der Waals surface area contributed by atoms with Crippen LogP contribution < -0.4 is 0 Å². The number of hydrogen-bond acceptors (Lipinski definition) is 1. The molecule has 0 amide bonds. The van der Waals surface area contributed by atoms with E-state index in [9.17, 15) is 0 Å². The number of para-hydroxylation sites is 2. The summed E-state index contributed by atoms with van der Waals surface area (Å²) in [5.74, 6) is 0. The van der Waals surface area contributed by atoms with Crippen LogP contribution in [0, 0.1) is 0 Å². The maximum Gasteiger partial charge on any atom is 0.0541 e. The van der Waals surface area contributed by atoms with Gasteiger partial charge in [-0.1, -0.05) is 121 Å². The van der Waals surface area contributed by atoms with Crippen molar-refractivity contribution in [2.45, 2.75) is 9.79 Å². The predicted molar refractivity (Wildman–Crippen MR) is 179 cm³/mol. The molecule has 2 heteroatoms.